The fraction of sp³-hybridized carbons (Fsp3) is 0.438. The van der Waals surface area contributed by atoms with Crippen LogP contribution in [0.25, 0.3) is 0 Å². The second-order valence-electron chi connectivity index (χ2n) is 5.50. The SMILES string of the molecule is COc1c(C)c(C#CC(C)(O)CO)c(NC(C)=O)c([N+](=O)[O-])c1C. The highest BCUT2D eigenvalue weighted by atomic mass is 16.6. The molecule has 0 aliphatic carbocycles. The molecule has 0 saturated carbocycles. The molecule has 0 aliphatic rings. The summed E-state index contributed by atoms with van der Waals surface area (Å²) in [6.45, 7) is 5.06. The molecule has 0 spiro atoms. The highest BCUT2D eigenvalue weighted by Crippen LogP contribution is 2.41. The summed E-state index contributed by atoms with van der Waals surface area (Å²) in [5, 5.41) is 32.8. The smallest absolute Gasteiger partial charge is 0.300 e. The first-order chi connectivity index (χ1) is 11.1. The zero-order chi connectivity index (χ0) is 18.7. The van der Waals surface area contributed by atoms with E-state index in [9.17, 15) is 20.0 Å². The molecule has 0 aliphatic heterocycles. The summed E-state index contributed by atoms with van der Waals surface area (Å²) >= 11 is 0. The van der Waals surface area contributed by atoms with E-state index in [0.717, 1.165) is 0 Å². The van der Waals surface area contributed by atoms with Gasteiger partial charge in [0.25, 0.3) is 0 Å². The Morgan fingerprint density at radius 1 is 1.42 bits per heavy atom. The highest BCUT2D eigenvalue weighted by molar-refractivity contribution is 5.95. The number of nitro benzene ring substituents is 1. The fourth-order valence-corrected chi connectivity index (χ4v) is 2.22. The molecule has 1 rings (SSSR count). The monoisotopic (exact) mass is 336 g/mol. The van der Waals surface area contributed by atoms with Gasteiger partial charge in [-0.2, -0.15) is 0 Å². The average molecular weight is 336 g/mol. The molecule has 0 heterocycles. The Morgan fingerprint density at radius 2 is 2.00 bits per heavy atom. The van der Waals surface area contributed by atoms with E-state index < -0.39 is 23.0 Å². The lowest BCUT2D eigenvalue weighted by atomic mass is 9.98. The molecule has 0 fully saturated rings. The minimum Gasteiger partial charge on any atom is -0.496 e. The standard InChI is InChI=1S/C16H20N2O6/c1-9-12(6-7-16(4,21)8-19)13(17-11(3)20)14(18(22)23)10(2)15(9)24-5/h19,21H,8H2,1-5H3,(H,17,20). The third-order valence-corrected chi connectivity index (χ3v) is 3.35. The molecule has 8 heteroatoms. The molecule has 3 N–H and O–H groups in total. The van der Waals surface area contributed by atoms with Crippen LogP contribution in [-0.4, -0.2) is 40.4 Å². The Kier molecular flexibility index (Phi) is 5.90. The molecule has 1 aromatic carbocycles. The third-order valence-electron chi connectivity index (χ3n) is 3.35. The van der Waals surface area contributed by atoms with Gasteiger partial charge in [-0.15, -0.1) is 0 Å². The quantitative estimate of drug-likeness (QED) is 0.432. The van der Waals surface area contributed by atoms with Crippen molar-refractivity contribution in [1.82, 2.24) is 0 Å². The van der Waals surface area contributed by atoms with Crippen LogP contribution in [0.3, 0.4) is 0 Å². The number of nitrogens with one attached hydrogen (secondary N) is 1. The number of aliphatic hydroxyl groups excluding tert-OH is 1. The molecule has 0 radical (unpaired) electrons. The summed E-state index contributed by atoms with van der Waals surface area (Å²) in [6, 6.07) is 0. The molecule has 8 nitrogen and oxygen atoms in total. The van der Waals surface area contributed by atoms with E-state index in [1.165, 1.54) is 27.9 Å². The Labute approximate surface area is 139 Å². The Hall–Kier alpha value is -2.63. The minimum absolute atomic E-state index is 0.0652. The van der Waals surface area contributed by atoms with E-state index in [2.05, 4.69) is 17.2 Å². The summed E-state index contributed by atoms with van der Waals surface area (Å²) in [5.74, 6) is 4.83. The maximum absolute atomic E-state index is 11.5. The number of amides is 1. The molecule has 1 aromatic rings. The number of nitrogens with zero attached hydrogens (tertiary/aromatic N) is 1. The van der Waals surface area contributed by atoms with Gasteiger partial charge in [0, 0.05) is 12.5 Å². The predicted octanol–water partition coefficient (Wildman–Crippen LogP) is 1.27. The Bertz CT molecular complexity index is 743. The molecule has 0 saturated heterocycles. The average Bonchev–Trinajstić information content (AvgIpc) is 2.46. The summed E-state index contributed by atoms with van der Waals surface area (Å²) < 4.78 is 5.23. The second-order valence-corrected chi connectivity index (χ2v) is 5.50. The number of nitro groups is 1. The van der Waals surface area contributed by atoms with Crippen molar-refractivity contribution in [2.75, 3.05) is 19.0 Å². The largest absolute Gasteiger partial charge is 0.496 e. The van der Waals surface area contributed by atoms with Gasteiger partial charge >= 0.3 is 5.69 Å². The van der Waals surface area contributed by atoms with Crippen LogP contribution in [0.15, 0.2) is 0 Å². The maximum Gasteiger partial charge on any atom is 0.300 e. The lowest BCUT2D eigenvalue weighted by molar-refractivity contribution is -0.384. The molecule has 130 valence electrons. The van der Waals surface area contributed by atoms with Crippen LogP contribution in [0.4, 0.5) is 11.4 Å². The van der Waals surface area contributed by atoms with Crippen molar-refractivity contribution in [3.05, 3.63) is 26.8 Å². The molecule has 1 unspecified atom stereocenters. The van der Waals surface area contributed by atoms with E-state index in [1.807, 2.05) is 0 Å². The molecule has 0 aromatic heterocycles. The third kappa shape index (κ3) is 4.01. The van der Waals surface area contributed by atoms with Crippen molar-refractivity contribution in [2.45, 2.75) is 33.3 Å². The molecule has 24 heavy (non-hydrogen) atoms. The zero-order valence-electron chi connectivity index (χ0n) is 14.2. The second kappa shape index (κ2) is 7.29. The van der Waals surface area contributed by atoms with Crippen molar-refractivity contribution in [3.63, 3.8) is 0 Å². The Morgan fingerprint density at radius 3 is 2.42 bits per heavy atom. The highest BCUT2D eigenvalue weighted by Gasteiger charge is 2.28. The van der Waals surface area contributed by atoms with Crippen LogP contribution >= 0.6 is 0 Å². The first kappa shape index (κ1) is 19.4. The number of hydrogen-bond donors (Lipinski definition) is 3. The van der Waals surface area contributed by atoms with Gasteiger partial charge in [0.05, 0.1) is 29.8 Å². The topological polar surface area (TPSA) is 122 Å². The summed E-state index contributed by atoms with van der Waals surface area (Å²) in [5.41, 5.74) is -1.21. The lowest BCUT2D eigenvalue weighted by Crippen LogP contribution is -2.26. The molecule has 1 atom stereocenters. The van der Waals surface area contributed by atoms with Crippen molar-refractivity contribution in [2.24, 2.45) is 0 Å². The van der Waals surface area contributed by atoms with Gasteiger partial charge in [-0.05, 0) is 20.8 Å². The van der Waals surface area contributed by atoms with Crippen LogP contribution in [0.2, 0.25) is 0 Å². The molecular weight excluding hydrogens is 316 g/mol. The van der Waals surface area contributed by atoms with Gasteiger partial charge < -0.3 is 20.3 Å². The van der Waals surface area contributed by atoms with E-state index in [-0.39, 0.29) is 28.3 Å². The zero-order valence-corrected chi connectivity index (χ0v) is 14.2. The van der Waals surface area contributed by atoms with Gasteiger partial charge in [0.1, 0.15) is 17.0 Å². The van der Waals surface area contributed by atoms with Gasteiger partial charge in [0.2, 0.25) is 5.91 Å². The van der Waals surface area contributed by atoms with E-state index in [1.54, 1.807) is 6.92 Å². The van der Waals surface area contributed by atoms with Crippen LogP contribution in [0.5, 0.6) is 5.75 Å². The number of benzene rings is 1. The molecule has 1 amide bonds. The van der Waals surface area contributed by atoms with Crippen LogP contribution in [0, 0.1) is 35.8 Å². The predicted molar refractivity (Wildman–Crippen MR) is 88.0 cm³/mol. The first-order valence-electron chi connectivity index (χ1n) is 7.05. The number of ether oxygens (including phenoxy) is 1. The number of carbonyl (C=O) groups excluding carboxylic acids is 1. The van der Waals surface area contributed by atoms with E-state index in [4.69, 9.17) is 9.84 Å². The maximum atomic E-state index is 11.5. The van der Waals surface area contributed by atoms with Gasteiger partial charge in [0.15, 0.2) is 0 Å². The number of hydrogen-bond acceptors (Lipinski definition) is 6. The molecular formula is C16H20N2O6. The fourth-order valence-electron chi connectivity index (χ4n) is 2.22. The summed E-state index contributed by atoms with van der Waals surface area (Å²) in [7, 11) is 1.37. The van der Waals surface area contributed by atoms with Crippen LogP contribution < -0.4 is 10.1 Å². The number of rotatable bonds is 4. The number of anilines is 1. The van der Waals surface area contributed by atoms with Gasteiger partial charge in [-0.1, -0.05) is 11.8 Å². The van der Waals surface area contributed by atoms with Crippen molar-refractivity contribution < 1.29 is 24.7 Å². The van der Waals surface area contributed by atoms with Gasteiger partial charge in [-0.25, -0.2) is 0 Å². The number of aliphatic hydroxyl groups is 2. The number of carbonyl (C=O) groups is 1. The lowest BCUT2D eigenvalue weighted by Gasteiger charge is -2.17. The minimum atomic E-state index is -1.69. The van der Waals surface area contributed by atoms with Crippen molar-refractivity contribution in [3.8, 4) is 17.6 Å². The first-order valence-corrected chi connectivity index (χ1v) is 7.05. The Balaban J connectivity index is 3.86. The number of methoxy groups -OCH3 is 1. The van der Waals surface area contributed by atoms with E-state index in [0.29, 0.717) is 5.56 Å². The van der Waals surface area contributed by atoms with Gasteiger partial charge in [-0.3, -0.25) is 14.9 Å². The van der Waals surface area contributed by atoms with Crippen molar-refractivity contribution in [1.29, 1.82) is 0 Å². The van der Waals surface area contributed by atoms with Crippen molar-refractivity contribution >= 4 is 17.3 Å². The van der Waals surface area contributed by atoms with E-state index >= 15 is 0 Å². The van der Waals surface area contributed by atoms with Crippen LogP contribution in [-0.2, 0) is 4.79 Å². The summed E-state index contributed by atoms with van der Waals surface area (Å²) in [4.78, 5) is 22.3. The van der Waals surface area contributed by atoms with Crippen LogP contribution in [0.1, 0.15) is 30.5 Å². The summed E-state index contributed by atoms with van der Waals surface area (Å²) in [6.07, 6.45) is 0. The normalized spacial score (nSPS) is 12.6. The molecule has 0 bridgehead atoms.